The lowest BCUT2D eigenvalue weighted by atomic mass is 9.78. The van der Waals surface area contributed by atoms with Crippen molar-refractivity contribution in [1.82, 2.24) is 0 Å². The quantitative estimate of drug-likeness (QED) is 0.758. The van der Waals surface area contributed by atoms with Crippen molar-refractivity contribution in [1.29, 1.82) is 0 Å². The van der Waals surface area contributed by atoms with Crippen molar-refractivity contribution in [2.45, 2.75) is 51.6 Å². The molecule has 3 N–H and O–H groups in total. The molecule has 2 rings (SSSR count). The Bertz CT molecular complexity index is 478. The Labute approximate surface area is 139 Å². The second kappa shape index (κ2) is 9.04. The van der Waals surface area contributed by atoms with Gasteiger partial charge < -0.3 is 15.6 Å². The smallest absolute Gasteiger partial charge is 0.306 e. The van der Waals surface area contributed by atoms with E-state index in [2.05, 4.69) is 0 Å². The second-order valence-electron chi connectivity index (χ2n) is 6.51. The van der Waals surface area contributed by atoms with Crippen LogP contribution in [0.2, 0.25) is 0 Å². The third kappa shape index (κ3) is 5.33. The van der Waals surface area contributed by atoms with E-state index in [9.17, 15) is 9.90 Å². The maximum Gasteiger partial charge on any atom is 0.306 e. The summed E-state index contributed by atoms with van der Waals surface area (Å²) in [6, 6.07) is 7.98. The summed E-state index contributed by atoms with van der Waals surface area (Å²) in [7, 11) is 0. The van der Waals surface area contributed by atoms with E-state index in [1.165, 1.54) is 0 Å². The number of aliphatic hydroxyl groups excluding tert-OH is 1. The molecule has 1 aromatic carbocycles. The molecule has 0 aliphatic heterocycles. The summed E-state index contributed by atoms with van der Waals surface area (Å²) in [5.74, 6) is 0.806. The van der Waals surface area contributed by atoms with Crippen molar-refractivity contribution >= 4 is 5.97 Å². The van der Waals surface area contributed by atoms with E-state index in [-0.39, 0.29) is 5.97 Å². The van der Waals surface area contributed by atoms with Gasteiger partial charge in [0.1, 0.15) is 0 Å². The van der Waals surface area contributed by atoms with Gasteiger partial charge in [-0.3, -0.25) is 4.79 Å². The van der Waals surface area contributed by atoms with Crippen LogP contribution >= 0.6 is 0 Å². The van der Waals surface area contributed by atoms with Crippen molar-refractivity contribution in [2.24, 2.45) is 17.6 Å². The van der Waals surface area contributed by atoms with Crippen molar-refractivity contribution < 1.29 is 14.6 Å². The zero-order valence-corrected chi connectivity index (χ0v) is 14.0. The largest absolute Gasteiger partial charge is 0.466 e. The summed E-state index contributed by atoms with van der Waals surface area (Å²) < 4.78 is 4.93. The normalized spacial score (nSPS) is 22.6. The molecule has 1 aliphatic rings. The zero-order chi connectivity index (χ0) is 16.7. The Morgan fingerprint density at radius 1 is 1.26 bits per heavy atom. The van der Waals surface area contributed by atoms with E-state index in [0.717, 1.165) is 43.4 Å². The molecule has 4 heteroatoms. The summed E-state index contributed by atoms with van der Waals surface area (Å²) in [5, 5.41) is 10.6. The molecule has 0 bridgehead atoms. The van der Waals surface area contributed by atoms with Crippen LogP contribution in [0.3, 0.4) is 0 Å². The molecule has 1 atom stereocenters. The van der Waals surface area contributed by atoms with Gasteiger partial charge >= 0.3 is 5.97 Å². The fourth-order valence-corrected chi connectivity index (χ4v) is 3.37. The average molecular weight is 319 g/mol. The summed E-state index contributed by atoms with van der Waals surface area (Å²) >= 11 is 0. The van der Waals surface area contributed by atoms with Gasteiger partial charge in [-0.15, -0.1) is 0 Å². The molecule has 1 aliphatic carbocycles. The Morgan fingerprint density at radius 3 is 2.48 bits per heavy atom. The van der Waals surface area contributed by atoms with Crippen LogP contribution in [-0.2, 0) is 16.0 Å². The predicted molar refractivity (Wildman–Crippen MR) is 90.9 cm³/mol. The van der Waals surface area contributed by atoms with E-state index in [1.807, 2.05) is 31.2 Å². The first-order chi connectivity index (χ1) is 11.1. The minimum absolute atomic E-state index is 0.159. The highest BCUT2D eigenvalue weighted by Gasteiger charge is 2.26. The van der Waals surface area contributed by atoms with Gasteiger partial charge in [0, 0.05) is 6.42 Å². The SMILES string of the molecule is CCOC(=O)CCc1ccc(C(O)C2CCC(CN)CC2)cc1. The molecule has 1 unspecified atom stereocenters. The Hall–Kier alpha value is -1.39. The highest BCUT2D eigenvalue weighted by Crippen LogP contribution is 2.36. The molecule has 1 saturated carbocycles. The molecule has 23 heavy (non-hydrogen) atoms. The van der Waals surface area contributed by atoms with Crippen molar-refractivity contribution in [3.05, 3.63) is 35.4 Å². The van der Waals surface area contributed by atoms with Crippen LogP contribution < -0.4 is 5.73 Å². The number of aliphatic hydroxyl groups is 1. The fourth-order valence-electron chi connectivity index (χ4n) is 3.37. The monoisotopic (exact) mass is 319 g/mol. The molecular formula is C19H29NO3. The van der Waals surface area contributed by atoms with Crippen LogP contribution in [0.4, 0.5) is 0 Å². The maximum absolute atomic E-state index is 11.4. The number of aryl methyl sites for hydroxylation is 1. The Morgan fingerprint density at radius 2 is 1.91 bits per heavy atom. The standard InChI is InChI=1S/C19H29NO3/c1-2-23-18(21)12-7-14-3-8-16(9-4-14)19(22)17-10-5-15(13-20)6-11-17/h3-4,8-9,15,17,19,22H,2,5-7,10-13,20H2,1H3. The number of esters is 1. The number of carbonyl (C=O) groups excluding carboxylic acids is 1. The highest BCUT2D eigenvalue weighted by molar-refractivity contribution is 5.69. The molecule has 0 saturated heterocycles. The first-order valence-electron chi connectivity index (χ1n) is 8.76. The van der Waals surface area contributed by atoms with Crippen LogP contribution in [0.1, 0.15) is 56.3 Å². The van der Waals surface area contributed by atoms with Gasteiger partial charge in [-0.1, -0.05) is 24.3 Å². The molecule has 0 radical (unpaired) electrons. The van der Waals surface area contributed by atoms with Crippen LogP contribution in [-0.4, -0.2) is 24.2 Å². The second-order valence-corrected chi connectivity index (χ2v) is 6.51. The molecular weight excluding hydrogens is 290 g/mol. The minimum Gasteiger partial charge on any atom is -0.466 e. The van der Waals surface area contributed by atoms with Gasteiger partial charge in [-0.25, -0.2) is 0 Å². The number of nitrogens with two attached hydrogens (primary N) is 1. The third-order valence-corrected chi connectivity index (χ3v) is 4.92. The van der Waals surface area contributed by atoms with Crippen LogP contribution in [0.5, 0.6) is 0 Å². The van der Waals surface area contributed by atoms with Gasteiger partial charge in [-0.05, 0) is 68.5 Å². The molecule has 0 amide bonds. The van der Waals surface area contributed by atoms with Gasteiger partial charge in [0.25, 0.3) is 0 Å². The lowest BCUT2D eigenvalue weighted by molar-refractivity contribution is -0.143. The Balaban J connectivity index is 1.85. The zero-order valence-electron chi connectivity index (χ0n) is 14.0. The van der Waals surface area contributed by atoms with Gasteiger partial charge in [0.05, 0.1) is 12.7 Å². The molecule has 0 spiro atoms. The maximum atomic E-state index is 11.4. The highest BCUT2D eigenvalue weighted by atomic mass is 16.5. The molecule has 1 fully saturated rings. The van der Waals surface area contributed by atoms with E-state index >= 15 is 0 Å². The van der Waals surface area contributed by atoms with E-state index in [0.29, 0.717) is 31.3 Å². The summed E-state index contributed by atoms with van der Waals surface area (Å²) in [4.78, 5) is 11.4. The van der Waals surface area contributed by atoms with Crippen LogP contribution in [0, 0.1) is 11.8 Å². The Kier molecular flexibility index (Phi) is 7.06. The van der Waals surface area contributed by atoms with Crippen LogP contribution in [0.15, 0.2) is 24.3 Å². The number of ether oxygens (including phenoxy) is 1. The van der Waals surface area contributed by atoms with Crippen molar-refractivity contribution in [2.75, 3.05) is 13.2 Å². The van der Waals surface area contributed by atoms with Crippen molar-refractivity contribution in [3.8, 4) is 0 Å². The first kappa shape index (κ1) is 18.0. The molecule has 0 heterocycles. The van der Waals surface area contributed by atoms with E-state index < -0.39 is 6.10 Å². The molecule has 4 nitrogen and oxygen atoms in total. The lowest BCUT2D eigenvalue weighted by Crippen LogP contribution is -2.24. The number of hydrogen-bond acceptors (Lipinski definition) is 4. The molecule has 1 aromatic rings. The van der Waals surface area contributed by atoms with Gasteiger partial charge in [0.2, 0.25) is 0 Å². The summed E-state index contributed by atoms with van der Waals surface area (Å²) in [6.45, 7) is 3.00. The predicted octanol–water partition coefficient (Wildman–Crippen LogP) is 2.98. The summed E-state index contributed by atoms with van der Waals surface area (Å²) in [5.41, 5.74) is 7.80. The molecule has 128 valence electrons. The van der Waals surface area contributed by atoms with Gasteiger partial charge in [-0.2, -0.15) is 0 Å². The van der Waals surface area contributed by atoms with Gasteiger partial charge in [0.15, 0.2) is 0 Å². The first-order valence-corrected chi connectivity index (χ1v) is 8.76. The van der Waals surface area contributed by atoms with E-state index in [1.54, 1.807) is 0 Å². The average Bonchev–Trinajstić information content (AvgIpc) is 2.60. The topological polar surface area (TPSA) is 72.5 Å². The number of carbonyl (C=O) groups is 1. The lowest BCUT2D eigenvalue weighted by Gasteiger charge is -2.31. The fraction of sp³-hybridized carbons (Fsp3) is 0.632. The molecule has 0 aromatic heterocycles. The number of hydrogen-bond donors (Lipinski definition) is 2. The van der Waals surface area contributed by atoms with Crippen LogP contribution in [0.25, 0.3) is 0 Å². The summed E-state index contributed by atoms with van der Waals surface area (Å²) in [6.07, 6.45) is 5.02. The minimum atomic E-state index is -0.396. The van der Waals surface area contributed by atoms with E-state index in [4.69, 9.17) is 10.5 Å². The van der Waals surface area contributed by atoms with Crippen molar-refractivity contribution in [3.63, 3.8) is 0 Å². The third-order valence-electron chi connectivity index (χ3n) is 4.92. The number of rotatable bonds is 7. The number of benzene rings is 1.